The molecule has 4 aromatic rings. The van der Waals surface area contributed by atoms with E-state index < -0.39 is 17.4 Å². The maximum Gasteiger partial charge on any atom is -0.147 e. The smallest absolute Gasteiger partial charge is 0.147 e. The second-order valence-corrected chi connectivity index (χ2v) is 42.8. The van der Waals surface area contributed by atoms with Crippen LogP contribution in [0.25, 0.3) is 33.9 Å². The van der Waals surface area contributed by atoms with Gasteiger partial charge in [0, 0.05) is 0 Å². The molecular formula is C35H38Cl2SiZr. The number of hydrogen-bond donors (Lipinski definition) is 0. The van der Waals surface area contributed by atoms with E-state index in [1.54, 1.807) is 22.3 Å². The SMILES string of the molecule is CC1=Cc2c(-c3ccccc3)cccc2[CH]1[Zr]([CH3])([CH3])(=[SiH2])[CH]1C(C)=C(C)c2c(-c3ccccc3)cccc21.Cl.Cl. The Morgan fingerprint density at radius 2 is 1.10 bits per heavy atom. The molecule has 4 aromatic carbocycles. The van der Waals surface area contributed by atoms with Crippen LogP contribution in [-0.2, 0) is 17.4 Å². The van der Waals surface area contributed by atoms with E-state index in [9.17, 15) is 0 Å². The van der Waals surface area contributed by atoms with Gasteiger partial charge in [0.1, 0.15) is 0 Å². The van der Waals surface area contributed by atoms with Crippen LogP contribution in [0.2, 0.25) is 9.26 Å². The average molecular weight is 649 g/mol. The van der Waals surface area contributed by atoms with Crippen LogP contribution in [0.15, 0.2) is 108 Å². The van der Waals surface area contributed by atoms with E-state index in [1.165, 1.54) is 39.0 Å². The van der Waals surface area contributed by atoms with Crippen molar-refractivity contribution in [3.05, 3.63) is 130 Å². The van der Waals surface area contributed by atoms with E-state index in [1.807, 2.05) is 0 Å². The number of allylic oxidation sites excluding steroid dienone is 3. The fourth-order valence-electron chi connectivity index (χ4n) is 7.80. The first-order valence-corrected chi connectivity index (χ1v) is 27.1. The average Bonchev–Trinajstić information content (AvgIpc) is 3.39. The van der Waals surface area contributed by atoms with Crippen LogP contribution in [0.3, 0.4) is 0 Å². The molecule has 0 saturated heterocycles. The van der Waals surface area contributed by atoms with E-state index in [0.29, 0.717) is 7.25 Å². The minimum atomic E-state index is -3.53. The molecule has 0 aliphatic heterocycles. The van der Waals surface area contributed by atoms with Crippen molar-refractivity contribution >= 4 is 43.3 Å². The molecule has 39 heavy (non-hydrogen) atoms. The van der Waals surface area contributed by atoms with Crippen molar-refractivity contribution in [3.63, 3.8) is 0 Å². The summed E-state index contributed by atoms with van der Waals surface area (Å²) in [5.74, 6) is 0. The Labute approximate surface area is 249 Å². The third-order valence-electron chi connectivity index (χ3n) is 9.15. The van der Waals surface area contributed by atoms with Gasteiger partial charge in [-0.25, -0.2) is 0 Å². The number of benzene rings is 4. The molecule has 0 radical (unpaired) electrons. The topological polar surface area (TPSA) is 0 Å². The summed E-state index contributed by atoms with van der Waals surface area (Å²) in [5.41, 5.74) is 16.1. The Morgan fingerprint density at radius 1 is 0.590 bits per heavy atom. The van der Waals surface area contributed by atoms with Gasteiger partial charge in [-0.1, -0.05) is 0 Å². The molecule has 0 heterocycles. The molecule has 6 rings (SSSR count). The normalized spacial score (nSPS) is 18.1. The standard InChI is InChI=1S/C17H15.C16H13.2CH3.2ClH.H2Si.Zr/c1-12-11-15-9-6-10-16(17(15)13(12)2)14-7-4-3-5-8-14;1-12-10-14-8-5-9-15(16(14)11-12)13-6-3-2-4-7-13;;;;;;/h3-11H,1-2H3;2-11H,1H3;2*1H3;2*1H;1H2;. The summed E-state index contributed by atoms with van der Waals surface area (Å²) >= 11 is -3.53. The Hall–Kier alpha value is -1.96. The zero-order valence-corrected chi connectivity index (χ0v) is 29.0. The van der Waals surface area contributed by atoms with E-state index in [-0.39, 0.29) is 24.8 Å². The molecule has 0 nitrogen and oxygen atoms in total. The van der Waals surface area contributed by atoms with Gasteiger partial charge in [0.25, 0.3) is 0 Å². The first-order valence-electron chi connectivity index (χ1n) is 13.5. The molecule has 0 fully saturated rings. The molecule has 0 amide bonds. The fraction of sp³-hybridized carbons (Fsp3) is 0.200. The second-order valence-electron chi connectivity index (χ2n) is 12.3. The van der Waals surface area contributed by atoms with Crippen molar-refractivity contribution in [1.29, 1.82) is 0 Å². The first kappa shape index (κ1) is 30.0. The first-order chi connectivity index (χ1) is 17.7. The van der Waals surface area contributed by atoms with Gasteiger partial charge in [-0.2, -0.15) is 0 Å². The summed E-state index contributed by atoms with van der Waals surface area (Å²) in [6, 6.07) is 35.9. The van der Waals surface area contributed by atoms with Gasteiger partial charge < -0.3 is 0 Å². The van der Waals surface area contributed by atoms with Crippen LogP contribution in [0, 0.1) is 0 Å². The van der Waals surface area contributed by atoms with Gasteiger partial charge in [-0.3, -0.25) is 0 Å². The molecule has 0 bridgehead atoms. The van der Waals surface area contributed by atoms with Crippen molar-refractivity contribution in [3.8, 4) is 22.3 Å². The largest absolute Gasteiger partial charge is 0.147 e. The van der Waals surface area contributed by atoms with Gasteiger partial charge in [-0.15, -0.1) is 24.8 Å². The molecule has 4 heteroatoms. The van der Waals surface area contributed by atoms with Gasteiger partial charge in [0.15, 0.2) is 0 Å². The summed E-state index contributed by atoms with van der Waals surface area (Å²) in [4.78, 5) is 0. The Balaban J connectivity index is 0.00000176. The summed E-state index contributed by atoms with van der Waals surface area (Å²) in [7, 11) is 0. The van der Waals surface area contributed by atoms with Gasteiger partial charge in [0.2, 0.25) is 0 Å². The van der Waals surface area contributed by atoms with Crippen LogP contribution in [-0.4, -0.2) is 6.88 Å². The van der Waals surface area contributed by atoms with Crippen LogP contribution in [0.5, 0.6) is 0 Å². The third-order valence-corrected chi connectivity index (χ3v) is 27.0. The molecule has 200 valence electrons. The van der Waals surface area contributed by atoms with Crippen LogP contribution >= 0.6 is 24.8 Å². The quantitative estimate of drug-likeness (QED) is 0.193. The molecular weight excluding hydrogens is 611 g/mol. The summed E-state index contributed by atoms with van der Waals surface area (Å²) in [6.45, 7) is 9.63. The van der Waals surface area contributed by atoms with Gasteiger partial charge in [-0.05, 0) is 0 Å². The fourth-order valence-corrected chi connectivity index (χ4v) is 29.1. The summed E-state index contributed by atoms with van der Waals surface area (Å²) < 4.78 is 6.55. The third kappa shape index (κ3) is 4.72. The predicted octanol–water partition coefficient (Wildman–Crippen LogP) is 10.2. The van der Waals surface area contributed by atoms with E-state index in [4.69, 9.17) is 0 Å². The molecule has 0 N–H and O–H groups in total. The van der Waals surface area contributed by atoms with Crippen molar-refractivity contribution in [1.82, 2.24) is 0 Å². The maximum atomic E-state index is 2.73. The van der Waals surface area contributed by atoms with Gasteiger partial charge in [0.05, 0.1) is 0 Å². The minimum absolute atomic E-state index is 0. The van der Waals surface area contributed by atoms with Crippen LogP contribution in [0.1, 0.15) is 50.3 Å². The van der Waals surface area contributed by atoms with Gasteiger partial charge >= 0.3 is 226 Å². The Morgan fingerprint density at radius 3 is 1.69 bits per heavy atom. The molecule has 0 aromatic heterocycles. The van der Waals surface area contributed by atoms with Crippen molar-refractivity contribution in [2.75, 3.05) is 0 Å². The minimum Gasteiger partial charge on any atom is -0.147 e. The maximum absolute atomic E-state index is 3.53. The van der Waals surface area contributed by atoms with Crippen molar-refractivity contribution in [2.45, 2.75) is 37.3 Å². The van der Waals surface area contributed by atoms with E-state index in [2.05, 4.69) is 140 Å². The zero-order valence-electron chi connectivity index (χ0n) is 23.5. The molecule has 2 atom stereocenters. The van der Waals surface area contributed by atoms with Crippen LogP contribution < -0.4 is 0 Å². The zero-order chi connectivity index (χ0) is 26.0. The van der Waals surface area contributed by atoms with Crippen molar-refractivity contribution in [2.24, 2.45) is 0 Å². The number of halogens is 2. The Bertz CT molecular complexity index is 1680. The molecule has 2 aliphatic rings. The monoisotopic (exact) mass is 646 g/mol. The summed E-state index contributed by atoms with van der Waals surface area (Å²) in [6.07, 6.45) is 2.51. The van der Waals surface area contributed by atoms with E-state index >= 15 is 0 Å². The summed E-state index contributed by atoms with van der Waals surface area (Å²) in [5, 5.41) is 0. The number of fused-ring (bicyclic) bond motifs is 2. The number of rotatable bonds is 4. The Kier molecular flexibility index (Phi) is 8.30. The predicted molar refractivity (Wildman–Crippen MR) is 176 cm³/mol. The van der Waals surface area contributed by atoms with Crippen molar-refractivity contribution < 1.29 is 17.4 Å². The van der Waals surface area contributed by atoms with E-state index in [0.717, 1.165) is 0 Å². The molecule has 0 saturated carbocycles. The molecule has 2 unspecified atom stereocenters. The number of hydrogen-bond acceptors (Lipinski definition) is 0. The molecule has 2 aliphatic carbocycles. The molecule has 0 spiro atoms. The van der Waals surface area contributed by atoms with Crippen LogP contribution in [0.4, 0.5) is 0 Å². The second kappa shape index (κ2) is 10.8.